The molecule has 9 heteroatoms. The zero-order valence-corrected chi connectivity index (χ0v) is 17.5. The minimum Gasteiger partial charge on any atom is -0.352 e. The number of pyridine rings is 1. The van der Waals surface area contributed by atoms with Gasteiger partial charge in [0, 0.05) is 37.9 Å². The molecule has 1 aromatic carbocycles. The lowest BCUT2D eigenvalue weighted by atomic mass is 10.1. The number of rotatable bonds is 8. The Labute approximate surface area is 185 Å². The number of carbonyl (C=O) groups is 3. The molecule has 1 fully saturated rings. The maximum absolute atomic E-state index is 13.1. The fourth-order valence-electron chi connectivity index (χ4n) is 3.58. The van der Waals surface area contributed by atoms with E-state index in [0.717, 1.165) is 5.56 Å². The molecule has 3 heterocycles. The van der Waals surface area contributed by atoms with Crippen molar-refractivity contribution in [3.05, 3.63) is 78.4 Å². The van der Waals surface area contributed by atoms with E-state index in [2.05, 4.69) is 20.7 Å². The summed E-state index contributed by atoms with van der Waals surface area (Å²) in [5.41, 5.74) is 1.78. The summed E-state index contributed by atoms with van der Waals surface area (Å²) in [7, 11) is 0. The highest BCUT2D eigenvalue weighted by atomic mass is 16.2. The van der Waals surface area contributed by atoms with Gasteiger partial charge >= 0.3 is 0 Å². The van der Waals surface area contributed by atoms with Crippen LogP contribution in [0.4, 0.5) is 5.69 Å². The fourth-order valence-corrected chi connectivity index (χ4v) is 3.58. The van der Waals surface area contributed by atoms with E-state index in [1.807, 2.05) is 30.3 Å². The van der Waals surface area contributed by atoms with E-state index in [9.17, 15) is 14.4 Å². The van der Waals surface area contributed by atoms with Gasteiger partial charge in [-0.25, -0.2) is 0 Å². The van der Waals surface area contributed by atoms with E-state index < -0.39 is 0 Å². The number of aromatic nitrogens is 3. The molecule has 0 spiro atoms. The van der Waals surface area contributed by atoms with E-state index in [4.69, 9.17) is 0 Å². The third-order valence-corrected chi connectivity index (χ3v) is 5.18. The Morgan fingerprint density at radius 3 is 2.69 bits per heavy atom. The highest BCUT2D eigenvalue weighted by Crippen LogP contribution is 2.13. The van der Waals surface area contributed by atoms with Gasteiger partial charge in [0.1, 0.15) is 12.2 Å². The average Bonchev–Trinajstić information content (AvgIpc) is 3.42. The van der Waals surface area contributed by atoms with Gasteiger partial charge in [0.05, 0.1) is 11.9 Å². The number of benzene rings is 1. The van der Waals surface area contributed by atoms with Crippen LogP contribution >= 0.6 is 0 Å². The van der Waals surface area contributed by atoms with Crippen LogP contribution < -0.4 is 10.6 Å². The third kappa shape index (κ3) is 5.57. The van der Waals surface area contributed by atoms with Gasteiger partial charge < -0.3 is 15.5 Å². The molecule has 0 bridgehead atoms. The molecule has 0 saturated carbocycles. The molecule has 3 amide bonds. The van der Waals surface area contributed by atoms with Gasteiger partial charge in [-0.1, -0.05) is 36.4 Å². The van der Waals surface area contributed by atoms with Crippen molar-refractivity contribution in [2.24, 2.45) is 0 Å². The normalized spacial score (nSPS) is 15.2. The van der Waals surface area contributed by atoms with Crippen LogP contribution in [0.5, 0.6) is 0 Å². The summed E-state index contributed by atoms with van der Waals surface area (Å²) in [5, 5.41) is 9.85. The minimum absolute atomic E-state index is 0.0162. The predicted molar refractivity (Wildman–Crippen MR) is 117 cm³/mol. The second-order valence-corrected chi connectivity index (χ2v) is 7.66. The highest BCUT2D eigenvalue weighted by Gasteiger charge is 2.25. The average molecular weight is 432 g/mol. The van der Waals surface area contributed by atoms with Crippen LogP contribution in [0, 0.1) is 0 Å². The van der Waals surface area contributed by atoms with E-state index >= 15 is 0 Å². The first kappa shape index (κ1) is 21.2. The third-order valence-electron chi connectivity index (χ3n) is 5.18. The summed E-state index contributed by atoms with van der Waals surface area (Å²) >= 11 is 0. The van der Waals surface area contributed by atoms with Crippen LogP contribution in [-0.2, 0) is 22.7 Å². The standard InChI is InChI=1S/C23H24N6O3/c30-21-10-9-18(26-21)14-28(13-17-6-2-1-3-7-17)22(31)16-29-15-19(12-25-29)27-23(32)20-8-4-5-11-24-20/h1-8,11-12,15,18H,9-10,13-14,16H2,(H,26,30)(H,27,32)/t18-/m0/s1. The van der Waals surface area contributed by atoms with Crippen LogP contribution in [0.1, 0.15) is 28.9 Å². The quantitative estimate of drug-likeness (QED) is 0.565. The molecule has 164 valence electrons. The second-order valence-electron chi connectivity index (χ2n) is 7.66. The maximum atomic E-state index is 13.1. The molecule has 9 nitrogen and oxygen atoms in total. The molecule has 0 unspecified atom stereocenters. The highest BCUT2D eigenvalue weighted by molar-refractivity contribution is 6.02. The van der Waals surface area contributed by atoms with Gasteiger partial charge in [0.25, 0.3) is 5.91 Å². The molecule has 4 rings (SSSR count). The van der Waals surface area contributed by atoms with Crippen LogP contribution in [0.25, 0.3) is 0 Å². The van der Waals surface area contributed by atoms with Crippen LogP contribution in [0.15, 0.2) is 67.1 Å². The summed E-state index contributed by atoms with van der Waals surface area (Å²) in [4.78, 5) is 42.7. The second kappa shape index (κ2) is 9.86. The Kier molecular flexibility index (Phi) is 6.54. The Morgan fingerprint density at radius 2 is 1.97 bits per heavy atom. The van der Waals surface area contributed by atoms with Crippen molar-refractivity contribution in [3.8, 4) is 0 Å². The summed E-state index contributed by atoms with van der Waals surface area (Å²) in [6.07, 6.45) is 5.84. The van der Waals surface area contributed by atoms with Crippen LogP contribution in [0.2, 0.25) is 0 Å². The molecule has 3 aromatic rings. The lowest BCUT2D eigenvalue weighted by Crippen LogP contribution is -2.42. The molecule has 1 atom stereocenters. The molecule has 0 radical (unpaired) electrons. The van der Waals surface area contributed by atoms with Crippen molar-refractivity contribution in [3.63, 3.8) is 0 Å². The summed E-state index contributed by atoms with van der Waals surface area (Å²) in [6, 6.07) is 14.7. The van der Waals surface area contributed by atoms with Crippen molar-refractivity contribution in [2.45, 2.75) is 32.0 Å². The Hall–Kier alpha value is -4.01. The van der Waals surface area contributed by atoms with Crippen molar-refractivity contribution < 1.29 is 14.4 Å². The van der Waals surface area contributed by atoms with E-state index in [0.29, 0.717) is 37.3 Å². The van der Waals surface area contributed by atoms with Crippen LogP contribution in [0.3, 0.4) is 0 Å². The lowest BCUT2D eigenvalue weighted by Gasteiger charge is -2.26. The number of carbonyl (C=O) groups excluding carboxylic acids is 3. The lowest BCUT2D eigenvalue weighted by molar-refractivity contribution is -0.133. The molecule has 2 N–H and O–H groups in total. The Balaban J connectivity index is 1.41. The van der Waals surface area contributed by atoms with Gasteiger partial charge in [-0.05, 0) is 24.1 Å². The van der Waals surface area contributed by atoms with Gasteiger partial charge in [-0.3, -0.25) is 24.0 Å². The van der Waals surface area contributed by atoms with E-state index in [1.165, 1.54) is 10.9 Å². The maximum Gasteiger partial charge on any atom is 0.274 e. The Morgan fingerprint density at radius 1 is 1.16 bits per heavy atom. The monoisotopic (exact) mass is 432 g/mol. The van der Waals surface area contributed by atoms with E-state index in [1.54, 1.807) is 35.5 Å². The van der Waals surface area contributed by atoms with Gasteiger partial charge in [-0.2, -0.15) is 5.10 Å². The number of hydrogen-bond acceptors (Lipinski definition) is 5. The summed E-state index contributed by atoms with van der Waals surface area (Å²) in [6.45, 7) is 0.896. The summed E-state index contributed by atoms with van der Waals surface area (Å²) < 4.78 is 1.49. The number of hydrogen-bond donors (Lipinski definition) is 2. The smallest absolute Gasteiger partial charge is 0.274 e. The number of amides is 3. The molecule has 1 saturated heterocycles. The molecule has 32 heavy (non-hydrogen) atoms. The molecule has 1 aliphatic rings. The molecule has 0 aliphatic carbocycles. The van der Waals surface area contributed by atoms with Crippen molar-refractivity contribution in [2.75, 3.05) is 11.9 Å². The van der Waals surface area contributed by atoms with Crippen molar-refractivity contribution >= 4 is 23.4 Å². The zero-order chi connectivity index (χ0) is 22.3. The molecule has 2 aromatic heterocycles. The van der Waals surface area contributed by atoms with E-state index in [-0.39, 0.29) is 30.3 Å². The molecular weight excluding hydrogens is 408 g/mol. The molecular formula is C23H24N6O3. The first-order chi connectivity index (χ1) is 15.6. The topological polar surface area (TPSA) is 109 Å². The largest absolute Gasteiger partial charge is 0.352 e. The van der Waals surface area contributed by atoms with Gasteiger partial charge in [0.15, 0.2) is 0 Å². The van der Waals surface area contributed by atoms with Crippen molar-refractivity contribution in [1.29, 1.82) is 0 Å². The number of nitrogens with zero attached hydrogens (tertiary/aromatic N) is 4. The minimum atomic E-state index is -0.348. The number of nitrogens with one attached hydrogen (secondary N) is 2. The number of anilines is 1. The summed E-state index contributed by atoms with van der Waals surface area (Å²) in [5.74, 6) is -0.456. The van der Waals surface area contributed by atoms with Crippen molar-refractivity contribution in [1.82, 2.24) is 25.0 Å². The zero-order valence-electron chi connectivity index (χ0n) is 17.5. The first-order valence-corrected chi connectivity index (χ1v) is 10.4. The fraction of sp³-hybridized carbons (Fsp3) is 0.261. The SMILES string of the molecule is O=C1CC[C@@H](CN(Cc2ccccc2)C(=O)Cn2cc(NC(=O)c3ccccn3)cn2)N1. The Bertz CT molecular complexity index is 1080. The predicted octanol–water partition coefficient (Wildman–Crippen LogP) is 1.84. The van der Waals surface area contributed by atoms with Crippen LogP contribution in [-0.4, -0.2) is 50.0 Å². The van der Waals surface area contributed by atoms with Gasteiger partial charge in [0.2, 0.25) is 11.8 Å². The molecule has 1 aliphatic heterocycles. The first-order valence-electron chi connectivity index (χ1n) is 10.4. The van der Waals surface area contributed by atoms with Gasteiger partial charge in [-0.15, -0.1) is 0 Å².